The molecule has 1 aliphatic heterocycles. The average Bonchev–Trinajstić information content (AvgIpc) is 2.98. The summed E-state index contributed by atoms with van der Waals surface area (Å²) in [5, 5.41) is 4.27. The van der Waals surface area contributed by atoms with Crippen molar-refractivity contribution in [2.75, 3.05) is 31.1 Å². The van der Waals surface area contributed by atoms with Gasteiger partial charge in [-0.3, -0.25) is 9.30 Å². The number of nitrogens with zero attached hydrogens (tertiary/aromatic N) is 6. The van der Waals surface area contributed by atoms with E-state index in [1.165, 1.54) is 9.08 Å². The Morgan fingerprint density at radius 3 is 2.54 bits per heavy atom. The maximum absolute atomic E-state index is 12.8. The van der Waals surface area contributed by atoms with Crippen molar-refractivity contribution in [3.8, 4) is 0 Å². The molecule has 7 nitrogen and oxygen atoms in total. The summed E-state index contributed by atoms with van der Waals surface area (Å²) in [6.45, 7) is 2.58. The number of rotatable bonds is 3. The van der Waals surface area contributed by atoms with E-state index < -0.39 is 11.7 Å². The molecular weight excluding hydrogens is 397 g/mol. The van der Waals surface area contributed by atoms with E-state index in [1.807, 2.05) is 15.9 Å². The van der Waals surface area contributed by atoms with Crippen LogP contribution in [-0.2, 0) is 12.8 Å². The highest BCUT2D eigenvalue weighted by Gasteiger charge is 2.32. The third-order valence-electron chi connectivity index (χ3n) is 4.64. The molecule has 0 radical (unpaired) electrons. The molecule has 3 aromatic rings. The highest BCUT2D eigenvalue weighted by atomic mass is 35.5. The second kappa shape index (κ2) is 7.10. The molecule has 1 saturated heterocycles. The predicted molar refractivity (Wildman–Crippen MR) is 97.5 cm³/mol. The van der Waals surface area contributed by atoms with Gasteiger partial charge in [0.2, 0.25) is 0 Å². The van der Waals surface area contributed by atoms with Gasteiger partial charge in [0.15, 0.2) is 5.65 Å². The van der Waals surface area contributed by atoms with Gasteiger partial charge in [-0.2, -0.15) is 17.9 Å². The van der Waals surface area contributed by atoms with Crippen LogP contribution in [0.25, 0.3) is 5.65 Å². The van der Waals surface area contributed by atoms with Gasteiger partial charge in [0.05, 0.1) is 17.3 Å². The van der Waals surface area contributed by atoms with Crippen LogP contribution in [0.5, 0.6) is 0 Å². The summed E-state index contributed by atoms with van der Waals surface area (Å²) in [4.78, 5) is 20.1. The molecular formula is C17H16ClF3N6O. The van der Waals surface area contributed by atoms with E-state index in [2.05, 4.69) is 10.1 Å². The predicted octanol–water partition coefficient (Wildman–Crippen LogP) is 2.34. The van der Waals surface area contributed by atoms with Crippen LogP contribution >= 0.6 is 11.6 Å². The average molecular weight is 413 g/mol. The zero-order valence-electron chi connectivity index (χ0n) is 14.6. The minimum Gasteiger partial charge on any atom is -0.353 e. The van der Waals surface area contributed by atoms with E-state index in [9.17, 15) is 18.0 Å². The van der Waals surface area contributed by atoms with Crippen molar-refractivity contribution in [2.45, 2.75) is 12.8 Å². The lowest BCUT2D eigenvalue weighted by Crippen LogP contribution is -2.48. The van der Waals surface area contributed by atoms with Crippen molar-refractivity contribution in [1.29, 1.82) is 0 Å². The fourth-order valence-corrected chi connectivity index (χ4v) is 3.46. The first-order chi connectivity index (χ1) is 13.3. The lowest BCUT2D eigenvalue weighted by atomic mass is 10.2. The molecule has 0 bridgehead atoms. The normalized spacial score (nSPS) is 16.1. The van der Waals surface area contributed by atoms with Gasteiger partial charge in [-0.1, -0.05) is 17.7 Å². The Morgan fingerprint density at radius 1 is 1.14 bits per heavy atom. The van der Waals surface area contributed by atoms with E-state index in [4.69, 9.17) is 11.6 Å². The molecule has 0 aliphatic carbocycles. The Morgan fingerprint density at radius 2 is 1.89 bits per heavy atom. The third kappa shape index (κ3) is 3.57. The summed E-state index contributed by atoms with van der Waals surface area (Å²) in [5.41, 5.74) is -0.511. The van der Waals surface area contributed by atoms with Gasteiger partial charge in [-0.25, -0.2) is 9.78 Å². The number of piperazine rings is 1. The summed E-state index contributed by atoms with van der Waals surface area (Å²) < 4.78 is 41.1. The second-order valence-corrected chi connectivity index (χ2v) is 6.89. The van der Waals surface area contributed by atoms with Crippen molar-refractivity contribution in [2.24, 2.45) is 0 Å². The number of alkyl halides is 3. The number of hydrogen-bond acceptors (Lipinski definition) is 5. The summed E-state index contributed by atoms with van der Waals surface area (Å²) >= 11 is 6.02. The van der Waals surface area contributed by atoms with Gasteiger partial charge in [0.1, 0.15) is 5.82 Å². The maximum Gasteiger partial charge on any atom is 0.417 e. The molecule has 0 N–H and O–H groups in total. The minimum atomic E-state index is -4.48. The topological polar surface area (TPSA) is 58.7 Å². The van der Waals surface area contributed by atoms with Crippen LogP contribution in [0.4, 0.5) is 19.0 Å². The Labute approximate surface area is 162 Å². The van der Waals surface area contributed by atoms with Crippen LogP contribution in [-0.4, -0.2) is 50.2 Å². The number of pyridine rings is 2. The van der Waals surface area contributed by atoms with Gasteiger partial charge < -0.3 is 4.90 Å². The van der Waals surface area contributed by atoms with Crippen LogP contribution in [0.1, 0.15) is 5.56 Å². The summed E-state index contributed by atoms with van der Waals surface area (Å²) in [7, 11) is 0. The summed E-state index contributed by atoms with van der Waals surface area (Å²) in [5.74, 6) is 0.333. The highest BCUT2D eigenvalue weighted by Crippen LogP contribution is 2.33. The third-order valence-corrected chi connectivity index (χ3v) is 4.92. The summed E-state index contributed by atoms with van der Waals surface area (Å²) in [6.07, 6.45) is -2.02. The Bertz CT molecular complexity index is 1050. The first-order valence-electron chi connectivity index (χ1n) is 8.57. The molecule has 0 saturated carbocycles. The molecule has 148 valence electrons. The lowest BCUT2D eigenvalue weighted by molar-refractivity contribution is -0.137. The van der Waals surface area contributed by atoms with Gasteiger partial charge in [0.25, 0.3) is 0 Å². The van der Waals surface area contributed by atoms with Crippen LogP contribution in [0.3, 0.4) is 0 Å². The zero-order valence-corrected chi connectivity index (χ0v) is 15.4. The van der Waals surface area contributed by atoms with Gasteiger partial charge in [-0.15, -0.1) is 5.10 Å². The van der Waals surface area contributed by atoms with Crippen molar-refractivity contribution in [3.05, 3.63) is 57.7 Å². The molecule has 0 aromatic carbocycles. The summed E-state index contributed by atoms with van der Waals surface area (Å²) in [6, 6.07) is 6.23. The molecule has 4 heterocycles. The van der Waals surface area contributed by atoms with Gasteiger partial charge in [0, 0.05) is 38.6 Å². The number of halogens is 4. The van der Waals surface area contributed by atoms with Crippen LogP contribution in [0.2, 0.25) is 5.02 Å². The molecule has 1 fully saturated rings. The van der Waals surface area contributed by atoms with E-state index in [-0.39, 0.29) is 10.7 Å². The van der Waals surface area contributed by atoms with Crippen molar-refractivity contribution >= 4 is 23.1 Å². The second-order valence-electron chi connectivity index (χ2n) is 6.48. The van der Waals surface area contributed by atoms with Crippen LogP contribution < -0.4 is 10.6 Å². The fraction of sp³-hybridized carbons (Fsp3) is 0.353. The first-order valence-corrected chi connectivity index (χ1v) is 8.95. The monoisotopic (exact) mass is 412 g/mol. The lowest BCUT2D eigenvalue weighted by Gasteiger charge is -2.35. The number of hydrogen-bond donors (Lipinski definition) is 0. The van der Waals surface area contributed by atoms with Crippen LogP contribution in [0, 0.1) is 0 Å². The SMILES string of the molecule is O=c1n(CN2CCN(c3ncc(C(F)(F)F)cc3Cl)CC2)nc2ccccn12. The Hall–Kier alpha value is -2.59. The van der Waals surface area contributed by atoms with E-state index in [0.717, 1.165) is 12.3 Å². The fourth-order valence-electron chi connectivity index (χ4n) is 3.17. The first kappa shape index (κ1) is 18.8. The molecule has 28 heavy (non-hydrogen) atoms. The number of aromatic nitrogens is 4. The van der Waals surface area contributed by atoms with Crippen molar-refractivity contribution in [3.63, 3.8) is 0 Å². The maximum atomic E-state index is 12.8. The molecule has 0 unspecified atom stereocenters. The molecule has 0 atom stereocenters. The molecule has 4 rings (SSSR count). The smallest absolute Gasteiger partial charge is 0.353 e. The largest absolute Gasteiger partial charge is 0.417 e. The number of fused-ring (bicyclic) bond motifs is 1. The quantitative estimate of drug-likeness (QED) is 0.661. The molecule has 11 heteroatoms. The minimum absolute atomic E-state index is 0.0279. The number of anilines is 1. The van der Waals surface area contributed by atoms with Gasteiger partial charge >= 0.3 is 11.9 Å². The zero-order chi connectivity index (χ0) is 19.9. The molecule has 0 spiro atoms. The van der Waals surface area contributed by atoms with Crippen LogP contribution in [0.15, 0.2) is 41.5 Å². The molecule has 3 aromatic heterocycles. The molecule has 1 aliphatic rings. The van der Waals surface area contributed by atoms with Crippen molar-refractivity contribution < 1.29 is 13.2 Å². The Balaban J connectivity index is 1.43. The molecule has 0 amide bonds. The Kier molecular flexibility index (Phi) is 4.76. The van der Waals surface area contributed by atoms with Gasteiger partial charge in [-0.05, 0) is 18.2 Å². The van der Waals surface area contributed by atoms with E-state index in [0.29, 0.717) is 44.3 Å². The highest BCUT2D eigenvalue weighted by molar-refractivity contribution is 6.33. The van der Waals surface area contributed by atoms with E-state index >= 15 is 0 Å². The van der Waals surface area contributed by atoms with Crippen molar-refractivity contribution in [1.82, 2.24) is 24.1 Å². The standard InChI is InChI=1S/C17H16ClF3N6O/c18-13-9-12(17(19,20)21)10-22-15(13)25-7-5-24(6-8-25)11-27-16(28)26-4-2-1-3-14(26)23-27/h1-4,9-10H,5-8,11H2. The van der Waals surface area contributed by atoms with E-state index in [1.54, 1.807) is 18.3 Å².